The van der Waals surface area contributed by atoms with Crippen molar-refractivity contribution in [3.63, 3.8) is 0 Å². The molecule has 2 aliphatic rings. The second-order valence-electron chi connectivity index (χ2n) is 6.90. The minimum atomic E-state index is -0.373. The Morgan fingerprint density at radius 2 is 2.04 bits per heavy atom. The van der Waals surface area contributed by atoms with Crippen molar-refractivity contribution in [3.05, 3.63) is 23.8 Å². The molecule has 3 atom stereocenters. The van der Waals surface area contributed by atoms with E-state index in [9.17, 15) is 5.11 Å². The van der Waals surface area contributed by atoms with Gasteiger partial charge in [-0.1, -0.05) is 0 Å². The highest BCUT2D eigenvalue weighted by Gasteiger charge is 2.24. The third kappa shape index (κ3) is 4.16. The highest BCUT2D eigenvalue weighted by Crippen LogP contribution is 2.29. The number of likely N-dealkylation sites (N-methyl/N-ethyl adjacent to an activating group) is 1. The SMILES string of the molecule is CC1CN(CC(O)CN(C)c2ccc3c(c2)CCO3)CC(C)O1. The van der Waals surface area contributed by atoms with Gasteiger partial charge >= 0.3 is 0 Å². The van der Waals surface area contributed by atoms with Crippen LogP contribution in [0.3, 0.4) is 0 Å². The monoisotopic (exact) mass is 320 g/mol. The molecule has 3 rings (SSSR count). The van der Waals surface area contributed by atoms with Gasteiger partial charge in [0.2, 0.25) is 0 Å². The van der Waals surface area contributed by atoms with E-state index in [0.717, 1.165) is 37.6 Å². The van der Waals surface area contributed by atoms with E-state index in [1.54, 1.807) is 0 Å². The predicted octanol–water partition coefficient (Wildman–Crippen LogP) is 1.53. The largest absolute Gasteiger partial charge is 0.493 e. The molecule has 1 aromatic rings. The average Bonchev–Trinajstić information content (AvgIpc) is 2.93. The third-order valence-electron chi connectivity index (χ3n) is 4.56. The Morgan fingerprint density at radius 3 is 2.78 bits per heavy atom. The molecule has 128 valence electrons. The molecule has 0 radical (unpaired) electrons. The highest BCUT2D eigenvalue weighted by molar-refractivity contribution is 5.53. The van der Waals surface area contributed by atoms with Gasteiger partial charge in [0.15, 0.2) is 0 Å². The van der Waals surface area contributed by atoms with Crippen LogP contribution in [0, 0.1) is 0 Å². The molecule has 1 N–H and O–H groups in total. The zero-order chi connectivity index (χ0) is 16.4. The number of morpholine rings is 1. The second kappa shape index (κ2) is 7.07. The molecule has 2 aliphatic heterocycles. The van der Waals surface area contributed by atoms with Crippen LogP contribution in [-0.4, -0.2) is 68.2 Å². The smallest absolute Gasteiger partial charge is 0.122 e. The molecular weight excluding hydrogens is 292 g/mol. The fourth-order valence-corrected chi connectivity index (χ4v) is 3.62. The first-order valence-corrected chi connectivity index (χ1v) is 8.54. The maximum absolute atomic E-state index is 10.5. The number of nitrogens with zero attached hydrogens (tertiary/aromatic N) is 2. The molecule has 3 unspecified atom stereocenters. The molecule has 0 saturated carbocycles. The molecule has 0 spiro atoms. The van der Waals surface area contributed by atoms with Crippen LogP contribution in [0.25, 0.3) is 0 Å². The summed E-state index contributed by atoms with van der Waals surface area (Å²) in [4.78, 5) is 4.42. The number of hydrogen-bond donors (Lipinski definition) is 1. The van der Waals surface area contributed by atoms with Gasteiger partial charge in [-0.2, -0.15) is 0 Å². The normalized spacial score (nSPS) is 25.7. The number of hydrogen-bond acceptors (Lipinski definition) is 5. The van der Waals surface area contributed by atoms with Gasteiger partial charge in [-0.15, -0.1) is 0 Å². The summed E-state index contributed by atoms with van der Waals surface area (Å²) in [6.45, 7) is 8.05. The summed E-state index contributed by atoms with van der Waals surface area (Å²) in [6, 6.07) is 6.27. The van der Waals surface area contributed by atoms with Crippen LogP contribution < -0.4 is 9.64 Å². The predicted molar refractivity (Wildman–Crippen MR) is 91.4 cm³/mol. The number of fused-ring (bicyclic) bond motifs is 1. The van der Waals surface area contributed by atoms with E-state index in [4.69, 9.17) is 9.47 Å². The fraction of sp³-hybridized carbons (Fsp3) is 0.667. The number of ether oxygens (including phenoxy) is 2. The molecule has 1 aromatic carbocycles. The Morgan fingerprint density at radius 1 is 1.30 bits per heavy atom. The van der Waals surface area contributed by atoms with Crippen molar-refractivity contribution in [1.29, 1.82) is 0 Å². The third-order valence-corrected chi connectivity index (χ3v) is 4.56. The number of benzene rings is 1. The molecule has 0 aromatic heterocycles. The van der Waals surface area contributed by atoms with Crippen LogP contribution in [-0.2, 0) is 11.2 Å². The van der Waals surface area contributed by atoms with Gasteiger partial charge in [0, 0.05) is 45.3 Å². The molecule has 23 heavy (non-hydrogen) atoms. The van der Waals surface area contributed by atoms with E-state index in [1.807, 2.05) is 13.1 Å². The van der Waals surface area contributed by atoms with Gasteiger partial charge in [-0.3, -0.25) is 4.90 Å². The summed E-state index contributed by atoms with van der Waals surface area (Å²) in [5, 5.41) is 10.5. The molecular formula is C18H28N2O3. The lowest BCUT2D eigenvalue weighted by atomic mass is 10.1. The first kappa shape index (κ1) is 16.6. The van der Waals surface area contributed by atoms with E-state index in [0.29, 0.717) is 13.1 Å². The lowest BCUT2D eigenvalue weighted by Gasteiger charge is -2.36. The van der Waals surface area contributed by atoms with Gasteiger partial charge in [0.1, 0.15) is 5.75 Å². The van der Waals surface area contributed by atoms with Crippen molar-refractivity contribution in [2.24, 2.45) is 0 Å². The summed E-state index contributed by atoms with van der Waals surface area (Å²) < 4.78 is 11.3. The van der Waals surface area contributed by atoms with Crippen molar-refractivity contribution >= 4 is 5.69 Å². The molecule has 1 fully saturated rings. The van der Waals surface area contributed by atoms with Crippen molar-refractivity contribution in [1.82, 2.24) is 4.90 Å². The quantitative estimate of drug-likeness (QED) is 0.891. The zero-order valence-electron chi connectivity index (χ0n) is 14.4. The van der Waals surface area contributed by atoms with Gasteiger partial charge in [0.25, 0.3) is 0 Å². The standard InChI is InChI=1S/C18H28N2O3/c1-13-9-20(10-14(2)23-13)12-17(21)11-19(3)16-4-5-18-15(8-16)6-7-22-18/h4-5,8,13-14,17,21H,6-7,9-12H2,1-3H3. The second-order valence-corrected chi connectivity index (χ2v) is 6.90. The van der Waals surface area contributed by atoms with E-state index in [1.165, 1.54) is 5.56 Å². The van der Waals surface area contributed by atoms with Crippen molar-refractivity contribution in [2.45, 2.75) is 38.6 Å². The number of aliphatic hydroxyl groups excluding tert-OH is 1. The number of anilines is 1. The summed E-state index contributed by atoms with van der Waals surface area (Å²) in [5.74, 6) is 0.999. The van der Waals surface area contributed by atoms with Gasteiger partial charge in [-0.25, -0.2) is 0 Å². The van der Waals surface area contributed by atoms with Crippen LogP contribution >= 0.6 is 0 Å². The van der Waals surface area contributed by atoms with Crippen LogP contribution in [0.4, 0.5) is 5.69 Å². The Bertz CT molecular complexity index is 527. The lowest BCUT2D eigenvalue weighted by molar-refractivity contribution is -0.0758. The van der Waals surface area contributed by atoms with Crippen molar-refractivity contribution in [2.75, 3.05) is 44.7 Å². The molecule has 5 nitrogen and oxygen atoms in total. The van der Waals surface area contributed by atoms with Crippen LogP contribution in [0.15, 0.2) is 18.2 Å². The number of aliphatic hydroxyl groups is 1. The van der Waals surface area contributed by atoms with Gasteiger partial charge in [-0.05, 0) is 37.6 Å². The Balaban J connectivity index is 1.54. The first-order chi connectivity index (χ1) is 11.0. The van der Waals surface area contributed by atoms with E-state index in [-0.39, 0.29) is 18.3 Å². The van der Waals surface area contributed by atoms with Crippen LogP contribution in [0.2, 0.25) is 0 Å². The topological polar surface area (TPSA) is 45.2 Å². The molecule has 2 heterocycles. The fourth-order valence-electron chi connectivity index (χ4n) is 3.62. The Labute approximate surface area is 138 Å². The Hall–Kier alpha value is -1.30. The lowest BCUT2D eigenvalue weighted by Crippen LogP contribution is -2.49. The van der Waals surface area contributed by atoms with Crippen molar-refractivity contribution in [3.8, 4) is 5.75 Å². The molecule has 5 heteroatoms. The molecule has 0 bridgehead atoms. The molecule has 0 aliphatic carbocycles. The van der Waals surface area contributed by atoms with E-state index < -0.39 is 0 Å². The summed E-state index contributed by atoms with van der Waals surface area (Å²) in [7, 11) is 2.03. The van der Waals surface area contributed by atoms with Gasteiger partial charge in [0.05, 0.1) is 24.9 Å². The minimum absolute atomic E-state index is 0.236. The van der Waals surface area contributed by atoms with E-state index in [2.05, 4.69) is 35.8 Å². The minimum Gasteiger partial charge on any atom is -0.493 e. The van der Waals surface area contributed by atoms with Crippen LogP contribution in [0.5, 0.6) is 5.75 Å². The maximum atomic E-state index is 10.5. The highest BCUT2D eigenvalue weighted by atomic mass is 16.5. The number of rotatable bonds is 5. The summed E-state index contributed by atoms with van der Waals surface area (Å²) >= 11 is 0. The summed E-state index contributed by atoms with van der Waals surface area (Å²) in [5.41, 5.74) is 2.40. The number of β-amino-alcohol motifs (C(OH)–C–C–N with tert-alkyl or cyclic N) is 1. The molecule has 1 saturated heterocycles. The van der Waals surface area contributed by atoms with E-state index >= 15 is 0 Å². The first-order valence-electron chi connectivity index (χ1n) is 8.54. The zero-order valence-corrected chi connectivity index (χ0v) is 14.4. The maximum Gasteiger partial charge on any atom is 0.122 e. The summed E-state index contributed by atoms with van der Waals surface area (Å²) in [6.07, 6.45) is 1.08. The average molecular weight is 320 g/mol. The van der Waals surface area contributed by atoms with Crippen LogP contribution in [0.1, 0.15) is 19.4 Å². The van der Waals surface area contributed by atoms with Crippen molar-refractivity contribution < 1.29 is 14.6 Å². The van der Waals surface area contributed by atoms with Gasteiger partial charge < -0.3 is 19.5 Å². The molecule has 0 amide bonds. The Kier molecular flexibility index (Phi) is 5.09.